The molecule has 0 aromatic heterocycles. The quantitative estimate of drug-likeness (QED) is 0.788. The zero-order chi connectivity index (χ0) is 13.7. The highest BCUT2D eigenvalue weighted by molar-refractivity contribution is 5.38. The molecule has 0 spiro atoms. The third kappa shape index (κ3) is 3.07. The van der Waals surface area contributed by atoms with Crippen molar-refractivity contribution in [3.8, 4) is 5.75 Å². The fourth-order valence-corrected chi connectivity index (χ4v) is 2.36. The van der Waals surface area contributed by atoms with E-state index in [0.29, 0.717) is 37.6 Å². The van der Waals surface area contributed by atoms with Gasteiger partial charge in [0.25, 0.3) is 0 Å². The molecule has 0 amide bonds. The number of rotatable bonds is 6. The summed E-state index contributed by atoms with van der Waals surface area (Å²) < 4.78 is 30.8. The van der Waals surface area contributed by atoms with Crippen LogP contribution in [-0.2, 0) is 15.3 Å². The van der Waals surface area contributed by atoms with E-state index in [4.69, 9.17) is 14.2 Å². The van der Waals surface area contributed by atoms with Crippen molar-refractivity contribution in [2.45, 2.75) is 38.9 Å². The second-order valence-electron chi connectivity index (χ2n) is 4.69. The molecule has 3 nitrogen and oxygen atoms in total. The molecule has 0 radical (unpaired) electrons. The average molecular weight is 268 g/mol. The fourth-order valence-electron chi connectivity index (χ4n) is 2.36. The van der Waals surface area contributed by atoms with Gasteiger partial charge in [-0.25, -0.2) is 4.39 Å². The Morgan fingerprint density at radius 1 is 1.21 bits per heavy atom. The minimum absolute atomic E-state index is 0.298. The Labute approximate surface area is 113 Å². The molecular formula is C15H21FO3. The highest BCUT2D eigenvalue weighted by atomic mass is 19.1. The lowest BCUT2D eigenvalue weighted by Crippen LogP contribution is -2.28. The van der Waals surface area contributed by atoms with Crippen LogP contribution in [0.1, 0.15) is 38.7 Å². The van der Waals surface area contributed by atoms with Gasteiger partial charge in [0.1, 0.15) is 11.6 Å². The zero-order valence-corrected chi connectivity index (χ0v) is 11.6. The molecule has 19 heavy (non-hydrogen) atoms. The molecule has 1 fully saturated rings. The summed E-state index contributed by atoms with van der Waals surface area (Å²) in [6.45, 7) is 5.75. The molecule has 0 aliphatic carbocycles. The van der Waals surface area contributed by atoms with E-state index in [1.54, 1.807) is 6.07 Å². The van der Waals surface area contributed by atoms with Crippen LogP contribution in [0.2, 0.25) is 0 Å². The minimum atomic E-state index is -0.847. The Bertz CT molecular complexity index is 414. The molecule has 1 aromatic carbocycles. The summed E-state index contributed by atoms with van der Waals surface area (Å²) in [6.07, 6.45) is 2.49. The fraction of sp³-hybridized carbons (Fsp3) is 0.600. The Morgan fingerprint density at radius 2 is 1.95 bits per heavy atom. The molecule has 1 heterocycles. The highest BCUT2D eigenvalue weighted by Crippen LogP contribution is 2.41. The largest absolute Gasteiger partial charge is 0.493 e. The average Bonchev–Trinajstić information content (AvgIpc) is 2.87. The van der Waals surface area contributed by atoms with Gasteiger partial charge in [0.2, 0.25) is 0 Å². The molecule has 0 N–H and O–H groups in total. The lowest BCUT2D eigenvalue weighted by molar-refractivity contribution is -0.172. The molecule has 106 valence electrons. The van der Waals surface area contributed by atoms with Crippen molar-refractivity contribution in [2.24, 2.45) is 0 Å². The smallest absolute Gasteiger partial charge is 0.198 e. The normalized spacial score (nSPS) is 17.6. The maximum Gasteiger partial charge on any atom is 0.198 e. The molecule has 0 unspecified atom stereocenters. The van der Waals surface area contributed by atoms with Crippen molar-refractivity contribution in [2.75, 3.05) is 19.8 Å². The lowest BCUT2D eigenvalue weighted by Gasteiger charge is -2.29. The van der Waals surface area contributed by atoms with Crippen LogP contribution in [0.3, 0.4) is 0 Å². The standard InChI is InChI=1S/C15H21FO3/c1-3-7-15(18-9-10-19-15)13-11-12(16)5-6-14(13)17-8-4-2/h5-6,11H,3-4,7-10H2,1-2H3. The zero-order valence-electron chi connectivity index (χ0n) is 11.6. The van der Waals surface area contributed by atoms with Gasteiger partial charge in [-0.05, 0) is 24.6 Å². The van der Waals surface area contributed by atoms with E-state index in [0.717, 1.165) is 12.8 Å². The molecule has 0 bridgehead atoms. The number of halogens is 1. The first kappa shape index (κ1) is 14.3. The van der Waals surface area contributed by atoms with Crippen LogP contribution in [-0.4, -0.2) is 19.8 Å². The van der Waals surface area contributed by atoms with Gasteiger partial charge in [-0.15, -0.1) is 0 Å². The summed E-state index contributed by atoms with van der Waals surface area (Å²) in [6, 6.07) is 4.53. The first-order valence-electron chi connectivity index (χ1n) is 6.92. The summed E-state index contributed by atoms with van der Waals surface area (Å²) in [4.78, 5) is 0. The SMILES string of the molecule is CCCOc1ccc(F)cc1C1(CCC)OCCO1. The Balaban J connectivity index is 2.36. The molecular weight excluding hydrogens is 247 g/mol. The maximum absolute atomic E-state index is 13.6. The van der Waals surface area contributed by atoms with Crippen molar-refractivity contribution in [1.29, 1.82) is 0 Å². The first-order chi connectivity index (χ1) is 9.22. The second-order valence-corrected chi connectivity index (χ2v) is 4.69. The van der Waals surface area contributed by atoms with E-state index in [1.807, 2.05) is 6.92 Å². The molecule has 0 atom stereocenters. The van der Waals surface area contributed by atoms with E-state index in [9.17, 15) is 4.39 Å². The van der Waals surface area contributed by atoms with Gasteiger partial charge in [0.05, 0.1) is 25.4 Å². The molecule has 1 saturated heterocycles. The second kappa shape index (κ2) is 6.35. The number of hydrogen-bond acceptors (Lipinski definition) is 3. The molecule has 0 saturated carbocycles. The van der Waals surface area contributed by atoms with Crippen molar-refractivity contribution in [1.82, 2.24) is 0 Å². The Hall–Kier alpha value is -1.13. The molecule has 2 rings (SSSR count). The van der Waals surface area contributed by atoms with E-state index >= 15 is 0 Å². The number of ether oxygens (including phenoxy) is 3. The van der Waals surface area contributed by atoms with Gasteiger partial charge in [0.15, 0.2) is 5.79 Å². The van der Waals surface area contributed by atoms with Gasteiger partial charge in [0, 0.05) is 6.42 Å². The minimum Gasteiger partial charge on any atom is -0.493 e. The van der Waals surface area contributed by atoms with Crippen LogP contribution in [0.25, 0.3) is 0 Å². The summed E-state index contributed by atoms with van der Waals surface area (Å²) >= 11 is 0. The van der Waals surface area contributed by atoms with Gasteiger partial charge < -0.3 is 14.2 Å². The van der Waals surface area contributed by atoms with Crippen molar-refractivity contribution >= 4 is 0 Å². The van der Waals surface area contributed by atoms with Crippen LogP contribution in [0.4, 0.5) is 4.39 Å². The van der Waals surface area contributed by atoms with E-state index < -0.39 is 5.79 Å². The van der Waals surface area contributed by atoms with E-state index in [-0.39, 0.29) is 5.82 Å². The third-order valence-electron chi connectivity index (χ3n) is 3.15. The maximum atomic E-state index is 13.6. The summed E-state index contributed by atoms with van der Waals surface area (Å²) in [5.41, 5.74) is 0.667. The van der Waals surface area contributed by atoms with Gasteiger partial charge in [-0.2, -0.15) is 0 Å². The summed E-state index contributed by atoms with van der Waals surface area (Å²) in [5, 5.41) is 0. The molecule has 4 heteroatoms. The third-order valence-corrected chi connectivity index (χ3v) is 3.15. The van der Waals surface area contributed by atoms with Crippen molar-refractivity contribution < 1.29 is 18.6 Å². The van der Waals surface area contributed by atoms with Gasteiger partial charge in [-0.3, -0.25) is 0 Å². The Morgan fingerprint density at radius 3 is 2.58 bits per heavy atom. The first-order valence-corrected chi connectivity index (χ1v) is 6.92. The monoisotopic (exact) mass is 268 g/mol. The number of hydrogen-bond donors (Lipinski definition) is 0. The van der Waals surface area contributed by atoms with E-state index in [1.165, 1.54) is 12.1 Å². The highest BCUT2D eigenvalue weighted by Gasteiger charge is 2.40. The van der Waals surface area contributed by atoms with Gasteiger partial charge in [-0.1, -0.05) is 20.3 Å². The van der Waals surface area contributed by atoms with Crippen LogP contribution in [0.15, 0.2) is 18.2 Å². The molecule has 1 aromatic rings. The topological polar surface area (TPSA) is 27.7 Å². The Kier molecular flexibility index (Phi) is 4.77. The van der Waals surface area contributed by atoms with Crippen molar-refractivity contribution in [3.63, 3.8) is 0 Å². The summed E-state index contributed by atoms with van der Waals surface area (Å²) in [5.74, 6) is -0.494. The van der Waals surface area contributed by atoms with Crippen LogP contribution < -0.4 is 4.74 Å². The van der Waals surface area contributed by atoms with Gasteiger partial charge >= 0.3 is 0 Å². The van der Waals surface area contributed by atoms with E-state index in [2.05, 4.69) is 6.92 Å². The predicted molar refractivity (Wildman–Crippen MR) is 70.7 cm³/mol. The van der Waals surface area contributed by atoms with Crippen LogP contribution in [0, 0.1) is 5.82 Å². The molecule has 1 aliphatic heterocycles. The van der Waals surface area contributed by atoms with Crippen LogP contribution >= 0.6 is 0 Å². The predicted octanol–water partition coefficient (Wildman–Crippen LogP) is 3.61. The van der Waals surface area contributed by atoms with Crippen LogP contribution in [0.5, 0.6) is 5.75 Å². The van der Waals surface area contributed by atoms with Crippen molar-refractivity contribution in [3.05, 3.63) is 29.6 Å². The molecule has 1 aliphatic rings. The lowest BCUT2D eigenvalue weighted by atomic mass is 9.99. The summed E-state index contributed by atoms with van der Waals surface area (Å²) in [7, 11) is 0. The number of benzene rings is 1.